The summed E-state index contributed by atoms with van der Waals surface area (Å²) in [5, 5.41) is 0.230. The van der Waals surface area contributed by atoms with Gasteiger partial charge >= 0.3 is 0 Å². The van der Waals surface area contributed by atoms with Crippen LogP contribution < -0.4 is 4.72 Å². The van der Waals surface area contributed by atoms with Crippen molar-refractivity contribution in [2.45, 2.75) is 36.6 Å². The van der Waals surface area contributed by atoms with E-state index in [-0.39, 0.29) is 21.9 Å². The molecule has 0 radical (unpaired) electrons. The van der Waals surface area contributed by atoms with Gasteiger partial charge in [-0.2, -0.15) is 0 Å². The monoisotopic (exact) mass is 392 g/mol. The summed E-state index contributed by atoms with van der Waals surface area (Å²) in [6.07, 6.45) is 4.29. The largest absolute Gasteiger partial charge is 0.339 e. The van der Waals surface area contributed by atoms with Crippen molar-refractivity contribution in [1.29, 1.82) is 0 Å². The number of carbonyl (C=O) groups excluding carboxylic acids is 1. The molecule has 26 heavy (non-hydrogen) atoms. The predicted molar refractivity (Wildman–Crippen MR) is 103 cm³/mol. The van der Waals surface area contributed by atoms with Crippen molar-refractivity contribution in [3.8, 4) is 0 Å². The Bertz CT molecular complexity index is 894. The van der Waals surface area contributed by atoms with Gasteiger partial charge in [0.2, 0.25) is 0 Å². The minimum Gasteiger partial charge on any atom is -0.339 e. The summed E-state index contributed by atoms with van der Waals surface area (Å²) >= 11 is 6.27. The molecule has 0 aliphatic heterocycles. The van der Waals surface area contributed by atoms with Crippen LogP contribution in [0.25, 0.3) is 0 Å². The highest BCUT2D eigenvalue weighted by Gasteiger charge is 2.25. The van der Waals surface area contributed by atoms with Gasteiger partial charge in [0.25, 0.3) is 15.9 Å². The fourth-order valence-corrected chi connectivity index (χ4v) is 4.55. The summed E-state index contributed by atoms with van der Waals surface area (Å²) in [7, 11) is -1.90. The van der Waals surface area contributed by atoms with E-state index in [4.69, 9.17) is 11.6 Å². The molecule has 0 saturated heterocycles. The lowest BCUT2D eigenvalue weighted by Crippen LogP contribution is -2.35. The third-order valence-electron chi connectivity index (χ3n) is 4.70. The molecule has 1 amide bonds. The molecule has 0 unspecified atom stereocenters. The number of hydrogen-bond acceptors (Lipinski definition) is 3. The van der Waals surface area contributed by atoms with Crippen LogP contribution >= 0.6 is 11.6 Å². The molecule has 1 saturated carbocycles. The first-order valence-corrected chi connectivity index (χ1v) is 10.4. The second-order valence-corrected chi connectivity index (χ2v) is 8.56. The number of anilines is 1. The summed E-state index contributed by atoms with van der Waals surface area (Å²) in [6, 6.07) is 12.9. The SMILES string of the molecule is CN(C(=O)c1ccc(NS(=O)(=O)c2ccccc2)cc1Cl)C1CCCC1. The maximum absolute atomic E-state index is 12.7. The number of halogens is 1. The molecule has 0 atom stereocenters. The Balaban J connectivity index is 1.78. The standard InChI is InChI=1S/C19H21ClN2O3S/c1-22(15-7-5-6-8-15)19(23)17-12-11-14(13-18(17)20)21-26(24,25)16-9-3-2-4-10-16/h2-4,9-13,15,21H,5-8H2,1H3. The van der Waals surface area contributed by atoms with E-state index in [1.54, 1.807) is 42.3 Å². The molecule has 3 rings (SSSR count). The van der Waals surface area contributed by atoms with E-state index in [1.807, 2.05) is 0 Å². The second-order valence-electron chi connectivity index (χ2n) is 6.47. The van der Waals surface area contributed by atoms with Gasteiger partial charge in [-0.05, 0) is 43.2 Å². The van der Waals surface area contributed by atoms with Crippen molar-refractivity contribution in [2.24, 2.45) is 0 Å². The minimum absolute atomic E-state index is 0.139. The zero-order valence-corrected chi connectivity index (χ0v) is 16.1. The lowest BCUT2D eigenvalue weighted by molar-refractivity contribution is 0.0735. The number of rotatable bonds is 5. The molecule has 0 aromatic heterocycles. The van der Waals surface area contributed by atoms with Crippen molar-refractivity contribution in [3.05, 3.63) is 59.1 Å². The van der Waals surface area contributed by atoms with E-state index in [1.165, 1.54) is 18.2 Å². The highest BCUT2D eigenvalue weighted by Crippen LogP contribution is 2.27. The van der Waals surface area contributed by atoms with Gasteiger partial charge in [-0.3, -0.25) is 9.52 Å². The smallest absolute Gasteiger partial charge is 0.261 e. The quantitative estimate of drug-likeness (QED) is 0.830. The van der Waals surface area contributed by atoms with Crippen LogP contribution in [0.15, 0.2) is 53.4 Å². The third kappa shape index (κ3) is 4.02. The van der Waals surface area contributed by atoms with Crippen LogP contribution in [0.3, 0.4) is 0 Å². The van der Waals surface area contributed by atoms with E-state index in [2.05, 4.69) is 4.72 Å². The number of amides is 1. The number of nitrogens with zero attached hydrogens (tertiary/aromatic N) is 1. The normalized spacial score (nSPS) is 15.0. The van der Waals surface area contributed by atoms with Crippen LogP contribution in [-0.2, 0) is 10.0 Å². The Kier molecular flexibility index (Phi) is 5.53. The average molecular weight is 393 g/mol. The van der Waals surface area contributed by atoms with Crippen molar-refractivity contribution in [1.82, 2.24) is 4.90 Å². The van der Waals surface area contributed by atoms with Gasteiger partial charge in [-0.1, -0.05) is 42.6 Å². The Morgan fingerprint density at radius 2 is 1.77 bits per heavy atom. The van der Waals surface area contributed by atoms with Gasteiger partial charge in [-0.25, -0.2) is 8.42 Å². The van der Waals surface area contributed by atoms with Crippen LogP contribution in [0.4, 0.5) is 5.69 Å². The number of benzene rings is 2. The van der Waals surface area contributed by atoms with Crippen molar-refractivity contribution in [2.75, 3.05) is 11.8 Å². The molecule has 1 aliphatic rings. The fourth-order valence-electron chi connectivity index (χ4n) is 3.21. The first kappa shape index (κ1) is 18.7. The van der Waals surface area contributed by atoms with Crippen LogP contribution in [0.1, 0.15) is 36.0 Å². The van der Waals surface area contributed by atoms with Crippen molar-refractivity contribution >= 4 is 33.2 Å². The Morgan fingerprint density at radius 3 is 2.38 bits per heavy atom. The van der Waals surface area contributed by atoms with Crippen LogP contribution in [-0.4, -0.2) is 32.3 Å². The van der Waals surface area contributed by atoms with Gasteiger partial charge in [-0.15, -0.1) is 0 Å². The summed E-state index contributed by atoms with van der Waals surface area (Å²) in [4.78, 5) is 14.6. The van der Waals surface area contributed by atoms with Gasteiger partial charge in [0.15, 0.2) is 0 Å². The second kappa shape index (κ2) is 7.68. The Morgan fingerprint density at radius 1 is 1.12 bits per heavy atom. The lowest BCUT2D eigenvalue weighted by atomic mass is 10.1. The van der Waals surface area contributed by atoms with Gasteiger partial charge in [0.05, 0.1) is 21.2 Å². The number of nitrogens with one attached hydrogen (secondary N) is 1. The Labute approximate surface area is 159 Å². The molecular weight excluding hydrogens is 372 g/mol. The van der Waals surface area contributed by atoms with E-state index < -0.39 is 10.0 Å². The first-order chi connectivity index (χ1) is 12.4. The summed E-state index contributed by atoms with van der Waals surface area (Å²) < 4.78 is 27.3. The molecule has 2 aromatic rings. The van der Waals surface area contributed by atoms with E-state index in [0.29, 0.717) is 11.3 Å². The molecule has 0 spiro atoms. The van der Waals surface area contributed by atoms with Gasteiger partial charge < -0.3 is 4.90 Å². The summed E-state index contributed by atoms with van der Waals surface area (Å²) in [5.74, 6) is -0.139. The maximum atomic E-state index is 12.7. The summed E-state index contributed by atoms with van der Waals surface area (Å²) in [6.45, 7) is 0. The topological polar surface area (TPSA) is 66.5 Å². The molecule has 1 fully saturated rings. The zero-order chi connectivity index (χ0) is 18.7. The molecule has 7 heteroatoms. The van der Waals surface area contributed by atoms with Crippen LogP contribution in [0.5, 0.6) is 0 Å². The van der Waals surface area contributed by atoms with Crippen molar-refractivity contribution in [3.63, 3.8) is 0 Å². The number of carbonyl (C=O) groups is 1. The minimum atomic E-state index is -3.70. The molecule has 138 valence electrons. The Hall–Kier alpha value is -2.05. The van der Waals surface area contributed by atoms with E-state index in [9.17, 15) is 13.2 Å². The fraction of sp³-hybridized carbons (Fsp3) is 0.316. The van der Waals surface area contributed by atoms with E-state index in [0.717, 1.165) is 25.7 Å². The molecule has 1 N–H and O–H groups in total. The molecule has 1 aliphatic carbocycles. The van der Waals surface area contributed by atoms with Crippen LogP contribution in [0, 0.1) is 0 Å². The number of sulfonamides is 1. The highest BCUT2D eigenvalue weighted by atomic mass is 35.5. The number of hydrogen-bond donors (Lipinski definition) is 1. The van der Waals surface area contributed by atoms with Crippen LogP contribution in [0.2, 0.25) is 5.02 Å². The van der Waals surface area contributed by atoms with Gasteiger partial charge in [0, 0.05) is 13.1 Å². The zero-order valence-electron chi connectivity index (χ0n) is 14.5. The van der Waals surface area contributed by atoms with E-state index >= 15 is 0 Å². The third-order valence-corrected chi connectivity index (χ3v) is 6.41. The summed E-state index contributed by atoms with van der Waals surface area (Å²) in [5.41, 5.74) is 0.697. The lowest BCUT2D eigenvalue weighted by Gasteiger charge is -2.25. The highest BCUT2D eigenvalue weighted by molar-refractivity contribution is 7.92. The first-order valence-electron chi connectivity index (χ1n) is 8.53. The van der Waals surface area contributed by atoms with Gasteiger partial charge in [0.1, 0.15) is 0 Å². The molecule has 2 aromatic carbocycles. The maximum Gasteiger partial charge on any atom is 0.261 e. The van der Waals surface area contributed by atoms with Crippen molar-refractivity contribution < 1.29 is 13.2 Å². The molecule has 5 nitrogen and oxygen atoms in total. The predicted octanol–water partition coefficient (Wildman–Crippen LogP) is 4.16. The molecular formula is C19H21ClN2O3S. The molecule has 0 bridgehead atoms. The molecule has 0 heterocycles. The average Bonchev–Trinajstić information content (AvgIpc) is 3.16.